The molecule has 1 unspecified atom stereocenters. The lowest BCUT2D eigenvalue weighted by Gasteiger charge is -2.32. The topological polar surface area (TPSA) is 173 Å². The van der Waals surface area contributed by atoms with Crippen LogP contribution in [-0.2, 0) is 67.6 Å². The van der Waals surface area contributed by atoms with Gasteiger partial charge in [-0.05, 0) is 150 Å². The van der Waals surface area contributed by atoms with E-state index in [-0.39, 0.29) is 49.8 Å². The van der Waals surface area contributed by atoms with Gasteiger partial charge >= 0.3 is 24.1 Å². The zero-order valence-corrected chi connectivity index (χ0v) is 43.7. The number of amides is 2. The van der Waals surface area contributed by atoms with Crippen LogP contribution in [0.15, 0.2) is 60.7 Å². The second kappa shape index (κ2) is 22.3. The van der Waals surface area contributed by atoms with Gasteiger partial charge in [0.25, 0.3) is 0 Å². The maximum atomic E-state index is 12.8. The average Bonchev–Trinajstić information content (AvgIpc) is 3.97. The summed E-state index contributed by atoms with van der Waals surface area (Å²) in [6.07, 6.45) is 1.12. The Labute approximate surface area is 424 Å². The van der Waals surface area contributed by atoms with Gasteiger partial charge in [0.1, 0.15) is 22.2 Å². The molecule has 0 spiro atoms. The molecule has 0 fully saturated rings. The van der Waals surface area contributed by atoms with Crippen LogP contribution in [0.1, 0.15) is 144 Å². The molecule has 16 heteroatoms. The maximum absolute atomic E-state index is 12.8. The molecule has 0 bridgehead atoms. The average molecular weight is 987 g/mol. The van der Waals surface area contributed by atoms with E-state index < -0.39 is 17.1 Å². The van der Waals surface area contributed by atoms with Gasteiger partial charge in [0.2, 0.25) is 0 Å². The summed E-state index contributed by atoms with van der Waals surface area (Å²) in [5.74, 6) is -1.42. The number of aryl methyl sites for hydroxylation is 4. The number of carbonyl (C=O) groups is 4. The van der Waals surface area contributed by atoms with Gasteiger partial charge in [-0.25, -0.2) is 19.0 Å². The Balaban J connectivity index is 0.000000232. The number of hydrogen-bond acceptors (Lipinski definition) is 12. The van der Waals surface area contributed by atoms with Crippen LogP contribution in [-0.4, -0.2) is 102 Å². The molecule has 2 aromatic heterocycles. The van der Waals surface area contributed by atoms with Crippen molar-refractivity contribution in [3.8, 4) is 0 Å². The first-order chi connectivity index (χ1) is 33.6. The highest BCUT2D eigenvalue weighted by atomic mass is 16.6. The number of nitrogens with zero attached hydrogens (tertiary/aromatic N) is 8. The number of hydrogen-bond donors (Lipinski definition) is 0. The van der Waals surface area contributed by atoms with E-state index >= 15 is 0 Å². The van der Waals surface area contributed by atoms with E-state index in [9.17, 15) is 19.2 Å². The minimum Gasteiger partial charge on any atom is -0.469 e. The fourth-order valence-corrected chi connectivity index (χ4v) is 9.79. The predicted octanol–water partition coefficient (Wildman–Crippen LogP) is 10.4. The number of rotatable bonds is 10. The fraction of sp³-hybridized carbons (Fsp3) is 0.500. The molecule has 386 valence electrons. The van der Waals surface area contributed by atoms with Crippen LogP contribution >= 0.6 is 0 Å². The third kappa shape index (κ3) is 11.9. The third-order valence-corrected chi connectivity index (χ3v) is 13.5. The lowest BCUT2D eigenvalue weighted by atomic mass is 9.78. The van der Waals surface area contributed by atoms with Crippen LogP contribution in [0, 0.1) is 19.8 Å². The van der Waals surface area contributed by atoms with E-state index in [0.717, 1.165) is 92.5 Å². The molecule has 2 aliphatic rings. The summed E-state index contributed by atoms with van der Waals surface area (Å²) in [6.45, 7) is 24.9. The van der Waals surface area contributed by atoms with Crippen LogP contribution in [0.25, 0.3) is 22.1 Å². The molecule has 8 rings (SSSR count). The molecule has 0 saturated heterocycles. The second-order valence-corrected chi connectivity index (χ2v) is 20.6. The molecule has 0 aliphatic carbocycles. The van der Waals surface area contributed by atoms with E-state index in [2.05, 4.69) is 69.2 Å². The van der Waals surface area contributed by atoms with Crippen molar-refractivity contribution in [2.75, 3.05) is 27.3 Å². The Morgan fingerprint density at radius 3 is 1.54 bits per heavy atom. The van der Waals surface area contributed by atoms with Crippen molar-refractivity contribution >= 4 is 46.2 Å². The van der Waals surface area contributed by atoms with Crippen LogP contribution in [0.3, 0.4) is 0 Å². The van der Waals surface area contributed by atoms with Crippen LogP contribution in [0.4, 0.5) is 9.59 Å². The number of esters is 2. The summed E-state index contributed by atoms with van der Waals surface area (Å²) in [6, 6.07) is 20.8. The maximum Gasteiger partial charge on any atom is 0.410 e. The van der Waals surface area contributed by atoms with Gasteiger partial charge < -0.3 is 28.7 Å². The van der Waals surface area contributed by atoms with E-state index in [0.29, 0.717) is 26.2 Å². The zero-order chi connectivity index (χ0) is 51.5. The van der Waals surface area contributed by atoms with Crippen molar-refractivity contribution in [1.82, 2.24) is 39.8 Å². The number of benzene rings is 4. The van der Waals surface area contributed by atoms with Gasteiger partial charge in [0.15, 0.2) is 0 Å². The summed E-state index contributed by atoms with van der Waals surface area (Å²) in [4.78, 5) is 54.1. The second-order valence-electron chi connectivity index (χ2n) is 20.6. The van der Waals surface area contributed by atoms with Gasteiger partial charge in [-0.1, -0.05) is 73.3 Å². The molecule has 72 heavy (non-hydrogen) atoms. The Bertz CT molecular complexity index is 2940. The normalized spacial score (nSPS) is 14.7. The molecule has 0 saturated carbocycles. The van der Waals surface area contributed by atoms with E-state index in [1.807, 2.05) is 97.7 Å². The standard InChI is InChI=1S/C28H36N4O4.C27H34N4O4.CH4/c1-8-32-23-12-11-22(17(2)25(23)29-30-32)24(18(3)26(33)35-7)20-10-9-19-13-14-31(16-21(19)15-20)27(34)36-28(4,5)6;1-7-31-23-11-10-21(17(2)25(23)28-29-31)22(15-24(32)34-6)19-9-8-18-12-13-30(16-20(18)14-19)26(33)35-27(3,4)5;/h9-12,15,18,24H,8,13-14,16H2,1-7H3;8-11,14,22H,7,12-13,15-16H2,1-6H3;1H4/t18?,24-;22-;/m00./s1. The van der Waals surface area contributed by atoms with Crippen molar-refractivity contribution in [3.05, 3.63) is 116 Å². The summed E-state index contributed by atoms with van der Waals surface area (Å²) >= 11 is 0. The van der Waals surface area contributed by atoms with Gasteiger partial charge in [0.05, 0.1) is 37.6 Å². The smallest absolute Gasteiger partial charge is 0.410 e. The predicted molar refractivity (Wildman–Crippen MR) is 278 cm³/mol. The molecule has 4 aromatic carbocycles. The Kier molecular flexibility index (Phi) is 16.9. The molecule has 16 nitrogen and oxygen atoms in total. The molecule has 4 heterocycles. The Hall–Kier alpha value is -6.84. The molecule has 2 amide bonds. The van der Waals surface area contributed by atoms with Crippen LogP contribution in [0.5, 0.6) is 0 Å². The molecular weight excluding hydrogens is 913 g/mol. The van der Waals surface area contributed by atoms with Gasteiger partial charge in [0, 0.05) is 51.1 Å². The Morgan fingerprint density at radius 1 is 0.625 bits per heavy atom. The first-order valence-electron chi connectivity index (χ1n) is 24.6. The largest absolute Gasteiger partial charge is 0.469 e. The molecular formula is C56H74N8O8. The number of ether oxygens (including phenoxy) is 4. The summed E-state index contributed by atoms with van der Waals surface area (Å²) in [7, 11) is 2.83. The highest BCUT2D eigenvalue weighted by Crippen LogP contribution is 2.39. The lowest BCUT2D eigenvalue weighted by molar-refractivity contribution is -0.145. The monoisotopic (exact) mass is 987 g/mol. The van der Waals surface area contributed by atoms with Gasteiger partial charge in [-0.15, -0.1) is 10.2 Å². The Morgan fingerprint density at radius 2 is 1.08 bits per heavy atom. The summed E-state index contributed by atoms with van der Waals surface area (Å²) < 4.78 is 25.1. The molecule has 6 aromatic rings. The zero-order valence-electron chi connectivity index (χ0n) is 43.7. The first kappa shape index (κ1) is 54.5. The number of methoxy groups -OCH3 is 2. The quantitative estimate of drug-likeness (QED) is 0.0940. The van der Waals surface area contributed by atoms with Crippen LogP contribution < -0.4 is 0 Å². The number of fused-ring (bicyclic) bond motifs is 4. The highest BCUT2D eigenvalue weighted by molar-refractivity contribution is 5.82. The van der Waals surface area contributed by atoms with Gasteiger partial charge in [-0.3, -0.25) is 9.59 Å². The lowest BCUT2D eigenvalue weighted by Crippen LogP contribution is -2.40. The minimum absolute atomic E-state index is 0. The molecule has 2 aliphatic heterocycles. The first-order valence-corrected chi connectivity index (χ1v) is 24.6. The number of carbonyl (C=O) groups excluding carboxylic acids is 4. The van der Waals surface area contributed by atoms with Crippen LogP contribution in [0.2, 0.25) is 0 Å². The van der Waals surface area contributed by atoms with Crippen molar-refractivity contribution in [3.63, 3.8) is 0 Å². The summed E-state index contributed by atoms with van der Waals surface area (Å²) in [5, 5.41) is 17.3. The van der Waals surface area contributed by atoms with Gasteiger partial charge in [-0.2, -0.15) is 0 Å². The van der Waals surface area contributed by atoms with E-state index in [1.54, 1.807) is 9.80 Å². The van der Waals surface area contributed by atoms with Crippen molar-refractivity contribution < 1.29 is 38.1 Å². The van der Waals surface area contributed by atoms with Crippen molar-refractivity contribution in [2.45, 2.75) is 152 Å². The van der Waals surface area contributed by atoms with Crippen molar-refractivity contribution in [2.24, 2.45) is 5.92 Å². The molecule has 0 N–H and O–H groups in total. The minimum atomic E-state index is -0.546. The van der Waals surface area contributed by atoms with Crippen molar-refractivity contribution in [1.29, 1.82) is 0 Å². The van der Waals surface area contributed by atoms with E-state index in [4.69, 9.17) is 18.9 Å². The number of aromatic nitrogens is 6. The highest BCUT2D eigenvalue weighted by Gasteiger charge is 2.33. The summed E-state index contributed by atoms with van der Waals surface area (Å²) in [5.41, 5.74) is 13.2. The fourth-order valence-electron chi connectivity index (χ4n) is 9.79. The SMILES string of the molecule is C.CCn1nnc2c(C)c([C@@H](CC(=O)OC)c3ccc4c(c3)CN(C(=O)OC(C)(C)C)CC4)ccc21.CCn1nnc2c(C)c([C@H](c3ccc4c(c3)CN(C(=O)OC(C)(C)C)CC4)C(C)C(=O)OC)ccc21. The molecule has 3 atom stereocenters. The molecule has 0 radical (unpaired) electrons. The van der Waals surface area contributed by atoms with E-state index in [1.165, 1.54) is 25.3 Å². The third-order valence-electron chi connectivity index (χ3n) is 13.5.